The van der Waals surface area contributed by atoms with Crippen molar-refractivity contribution in [3.05, 3.63) is 36.4 Å². The molecule has 9 nitrogen and oxygen atoms in total. The molecule has 24 heavy (non-hydrogen) atoms. The van der Waals surface area contributed by atoms with E-state index in [1.165, 1.54) is 0 Å². The van der Waals surface area contributed by atoms with Gasteiger partial charge in [-0.25, -0.2) is 9.97 Å². The molecule has 0 fully saturated rings. The molecule has 0 aliphatic heterocycles. The highest BCUT2D eigenvalue weighted by Crippen LogP contribution is 2.16. The number of amides is 2. The summed E-state index contributed by atoms with van der Waals surface area (Å²) < 4.78 is 0. The number of rotatable bonds is 8. The minimum Gasteiger partial charge on any atom is -0.346 e. The molecule has 2 aromatic heterocycles. The van der Waals surface area contributed by atoms with Crippen LogP contribution in [0.25, 0.3) is 0 Å². The summed E-state index contributed by atoms with van der Waals surface area (Å²) in [5.41, 5.74) is 5.33. The molecule has 0 saturated heterocycles. The van der Waals surface area contributed by atoms with Crippen molar-refractivity contribution >= 4 is 11.8 Å². The van der Waals surface area contributed by atoms with Gasteiger partial charge in [-0.3, -0.25) is 9.59 Å². The third-order valence-electron chi connectivity index (χ3n) is 3.42. The van der Waals surface area contributed by atoms with Crippen LogP contribution in [0.15, 0.2) is 24.8 Å². The van der Waals surface area contributed by atoms with Crippen LogP contribution in [0.5, 0.6) is 0 Å². The number of carbonyl (C=O) groups excluding carboxylic acids is 2. The maximum atomic E-state index is 12.7. The van der Waals surface area contributed by atoms with Crippen molar-refractivity contribution < 1.29 is 9.59 Å². The van der Waals surface area contributed by atoms with Crippen LogP contribution < -0.4 is 16.4 Å². The Morgan fingerprint density at radius 1 is 1.12 bits per heavy atom. The average Bonchev–Trinajstić information content (AvgIpc) is 3.24. The molecule has 2 aromatic rings. The van der Waals surface area contributed by atoms with E-state index >= 15 is 0 Å². The number of carbonyl (C=O) groups is 2. The van der Waals surface area contributed by atoms with Gasteiger partial charge in [0.05, 0.1) is 6.54 Å². The van der Waals surface area contributed by atoms with E-state index in [1.807, 2.05) is 13.8 Å². The fraction of sp³-hybridized carbons (Fsp3) is 0.467. The molecule has 130 valence electrons. The highest BCUT2D eigenvalue weighted by Gasteiger charge is 2.27. The lowest BCUT2D eigenvalue weighted by Gasteiger charge is -2.22. The van der Waals surface area contributed by atoms with Gasteiger partial charge >= 0.3 is 0 Å². The average molecular weight is 333 g/mol. The maximum absolute atomic E-state index is 12.7. The van der Waals surface area contributed by atoms with Crippen LogP contribution in [0.3, 0.4) is 0 Å². The second-order valence-electron chi connectivity index (χ2n) is 5.84. The van der Waals surface area contributed by atoms with Gasteiger partial charge in [-0.05, 0) is 12.3 Å². The largest absolute Gasteiger partial charge is 0.346 e. The summed E-state index contributed by atoms with van der Waals surface area (Å²) in [5, 5.41) is 5.53. The Bertz CT molecular complexity index is 603. The van der Waals surface area contributed by atoms with Crippen molar-refractivity contribution in [1.82, 2.24) is 30.6 Å². The summed E-state index contributed by atoms with van der Waals surface area (Å²) in [6.07, 6.45) is 7.03. The molecule has 0 aliphatic carbocycles. The number of H-pyrrole nitrogens is 2. The first kappa shape index (κ1) is 17.7. The molecule has 0 bridgehead atoms. The Labute approximate surface area is 139 Å². The smallest absolute Gasteiger partial charge is 0.243 e. The molecule has 6 N–H and O–H groups in total. The number of nitrogens with one attached hydrogen (secondary N) is 4. The van der Waals surface area contributed by atoms with Crippen molar-refractivity contribution in [2.75, 3.05) is 6.54 Å². The van der Waals surface area contributed by atoms with Crippen LogP contribution >= 0.6 is 0 Å². The molecule has 0 aromatic carbocycles. The number of hydrogen-bond donors (Lipinski definition) is 5. The molecule has 0 aliphatic rings. The first-order valence-electron chi connectivity index (χ1n) is 7.79. The molecule has 0 radical (unpaired) electrons. The van der Waals surface area contributed by atoms with Crippen LogP contribution in [0.4, 0.5) is 0 Å². The van der Waals surface area contributed by atoms with Gasteiger partial charge in [0.2, 0.25) is 11.8 Å². The van der Waals surface area contributed by atoms with Crippen molar-refractivity contribution in [2.45, 2.75) is 32.4 Å². The van der Waals surface area contributed by atoms with E-state index in [-0.39, 0.29) is 24.3 Å². The van der Waals surface area contributed by atoms with E-state index in [0.717, 1.165) is 0 Å². The van der Waals surface area contributed by atoms with Crippen LogP contribution in [-0.4, -0.2) is 44.3 Å². The Morgan fingerprint density at radius 2 is 1.71 bits per heavy atom. The Hall–Kier alpha value is -2.68. The summed E-state index contributed by atoms with van der Waals surface area (Å²) in [7, 11) is 0. The molecule has 1 atom stereocenters. The zero-order valence-corrected chi connectivity index (χ0v) is 13.7. The molecule has 2 heterocycles. The third-order valence-corrected chi connectivity index (χ3v) is 3.42. The van der Waals surface area contributed by atoms with Gasteiger partial charge in [-0.1, -0.05) is 13.8 Å². The molecular weight excluding hydrogens is 310 g/mol. The van der Waals surface area contributed by atoms with Gasteiger partial charge in [0.25, 0.3) is 0 Å². The lowest BCUT2D eigenvalue weighted by molar-refractivity contribution is -0.129. The summed E-state index contributed by atoms with van der Waals surface area (Å²) in [5.74, 6) is 0.634. The van der Waals surface area contributed by atoms with Gasteiger partial charge in [-0.15, -0.1) is 0 Å². The van der Waals surface area contributed by atoms with E-state index in [0.29, 0.717) is 18.1 Å². The monoisotopic (exact) mass is 333 g/mol. The minimum absolute atomic E-state index is 0.165. The zero-order chi connectivity index (χ0) is 17.5. The molecule has 0 spiro atoms. The van der Waals surface area contributed by atoms with Gasteiger partial charge < -0.3 is 26.3 Å². The molecule has 9 heteroatoms. The second-order valence-corrected chi connectivity index (χ2v) is 5.84. The van der Waals surface area contributed by atoms with E-state index < -0.39 is 12.1 Å². The highest BCUT2D eigenvalue weighted by atomic mass is 16.2. The van der Waals surface area contributed by atoms with Crippen LogP contribution in [-0.2, 0) is 9.59 Å². The van der Waals surface area contributed by atoms with Crippen molar-refractivity contribution in [3.63, 3.8) is 0 Å². The fourth-order valence-corrected chi connectivity index (χ4v) is 2.34. The number of imidazole rings is 2. The van der Waals surface area contributed by atoms with Crippen LogP contribution in [0, 0.1) is 5.92 Å². The molecule has 0 saturated carbocycles. The summed E-state index contributed by atoms with van der Waals surface area (Å²) in [4.78, 5) is 38.6. The lowest BCUT2D eigenvalue weighted by atomic mass is 10.0. The number of aromatic nitrogens is 4. The third kappa shape index (κ3) is 4.66. The SMILES string of the molecule is CC(C)C[C@H](NC(=O)CN)C(=O)NC(c1ncc[nH]1)c1ncc[nH]1. The second kappa shape index (κ2) is 8.25. The summed E-state index contributed by atoms with van der Waals surface area (Å²) in [6.45, 7) is 3.79. The minimum atomic E-state index is -0.673. The number of aromatic amines is 2. The van der Waals surface area contributed by atoms with Crippen molar-refractivity contribution in [3.8, 4) is 0 Å². The van der Waals surface area contributed by atoms with Crippen LogP contribution in [0.1, 0.15) is 38.0 Å². The van der Waals surface area contributed by atoms with Gasteiger partial charge in [-0.2, -0.15) is 0 Å². The normalized spacial score (nSPS) is 12.4. The van der Waals surface area contributed by atoms with E-state index in [1.54, 1.807) is 24.8 Å². The van der Waals surface area contributed by atoms with Crippen molar-refractivity contribution in [1.29, 1.82) is 0 Å². The topological polar surface area (TPSA) is 142 Å². The van der Waals surface area contributed by atoms with Gasteiger partial charge in [0, 0.05) is 24.8 Å². The standard InChI is InChI=1S/C15H23N7O2/c1-9(2)7-10(21-11(23)8-16)15(24)22-12(13-17-3-4-18-13)14-19-5-6-20-14/h3-6,9-10,12H,7-8,16H2,1-2H3,(H,17,18)(H,19,20)(H,21,23)(H,22,24)/t10-/m0/s1. The predicted molar refractivity (Wildman–Crippen MR) is 87.6 cm³/mol. The van der Waals surface area contributed by atoms with Gasteiger partial charge in [0.1, 0.15) is 23.7 Å². The quantitative estimate of drug-likeness (QED) is 0.456. The Balaban J connectivity index is 2.16. The Kier molecular flexibility index (Phi) is 6.07. The first-order chi connectivity index (χ1) is 11.5. The molecule has 2 amide bonds. The highest BCUT2D eigenvalue weighted by molar-refractivity contribution is 5.88. The Morgan fingerprint density at radius 3 is 2.12 bits per heavy atom. The van der Waals surface area contributed by atoms with E-state index in [9.17, 15) is 9.59 Å². The number of nitrogens with zero attached hydrogens (tertiary/aromatic N) is 2. The molecular formula is C15H23N7O2. The predicted octanol–water partition coefficient (Wildman–Crippen LogP) is -0.172. The summed E-state index contributed by atoms with van der Waals surface area (Å²) in [6, 6.07) is -1.24. The first-order valence-corrected chi connectivity index (χ1v) is 7.79. The van der Waals surface area contributed by atoms with Crippen molar-refractivity contribution in [2.24, 2.45) is 11.7 Å². The summed E-state index contributed by atoms with van der Waals surface area (Å²) >= 11 is 0. The number of nitrogens with two attached hydrogens (primary N) is 1. The van der Waals surface area contributed by atoms with Crippen LogP contribution in [0.2, 0.25) is 0 Å². The fourth-order valence-electron chi connectivity index (χ4n) is 2.34. The zero-order valence-electron chi connectivity index (χ0n) is 13.7. The van der Waals surface area contributed by atoms with E-state index in [4.69, 9.17) is 5.73 Å². The molecule has 2 rings (SSSR count). The number of hydrogen-bond acceptors (Lipinski definition) is 5. The van der Waals surface area contributed by atoms with Gasteiger partial charge in [0.15, 0.2) is 0 Å². The van der Waals surface area contributed by atoms with E-state index in [2.05, 4.69) is 30.6 Å². The maximum Gasteiger partial charge on any atom is 0.243 e. The molecule has 0 unspecified atom stereocenters. The lowest BCUT2D eigenvalue weighted by Crippen LogP contribution is -2.50.